The van der Waals surface area contributed by atoms with E-state index in [1.54, 1.807) is 12.1 Å². The molecular weight excluding hydrogens is 286 g/mol. The Balaban J connectivity index is 2.23. The predicted molar refractivity (Wildman–Crippen MR) is 66.3 cm³/mol. The lowest BCUT2D eigenvalue weighted by Crippen LogP contribution is -2.41. The molecule has 17 heavy (non-hydrogen) atoms. The molecule has 1 saturated heterocycles. The number of likely N-dealkylation sites (N-methyl/N-ethyl adjacent to an activating group) is 1. The highest BCUT2D eigenvalue weighted by atomic mass is 79.9. The summed E-state index contributed by atoms with van der Waals surface area (Å²) in [4.78, 5) is 24.1. The molecule has 90 valence electrons. The summed E-state index contributed by atoms with van der Waals surface area (Å²) in [6.45, 7) is 1.98. The lowest BCUT2D eigenvalue weighted by molar-refractivity contribution is -0.131. The number of hydrogen-bond acceptors (Lipinski definition) is 3. The molecule has 0 atom stereocenters. The average molecular weight is 298 g/mol. The van der Waals surface area contributed by atoms with Crippen molar-refractivity contribution in [2.24, 2.45) is 0 Å². The molecule has 1 heterocycles. The molecule has 0 aromatic heterocycles. The van der Waals surface area contributed by atoms with Crippen molar-refractivity contribution >= 4 is 27.7 Å². The molecule has 2 rings (SSSR count). The van der Waals surface area contributed by atoms with Crippen molar-refractivity contribution in [1.29, 1.82) is 0 Å². The van der Waals surface area contributed by atoms with Gasteiger partial charge in [-0.15, -0.1) is 0 Å². The third-order valence-corrected chi connectivity index (χ3v) is 3.65. The maximum absolute atomic E-state index is 11.3. The second kappa shape index (κ2) is 4.58. The summed E-state index contributed by atoms with van der Waals surface area (Å²) in [5.41, 5.74) is 1.34. The zero-order valence-corrected chi connectivity index (χ0v) is 10.9. The highest BCUT2D eigenvalue weighted by Crippen LogP contribution is 2.32. The maximum Gasteiger partial charge on any atom is 0.377 e. The quantitative estimate of drug-likeness (QED) is 0.682. The molecular formula is C12H12BrNO3. The molecule has 0 spiro atoms. The average Bonchev–Trinajstić information content (AvgIpc) is 2.24. The minimum Gasteiger partial charge on any atom is -0.475 e. The molecule has 0 radical (unpaired) electrons. The Morgan fingerprint density at radius 1 is 1.41 bits per heavy atom. The van der Waals surface area contributed by atoms with Gasteiger partial charge in [0.25, 0.3) is 5.78 Å². The molecule has 0 unspecified atom stereocenters. The topological polar surface area (TPSA) is 57.6 Å². The van der Waals surface area contributed by atoms with E-state index in [4.69, 9.17) is 5.11 Å². The van der Waals surface area contributed by atoms with Crippen LogP contribution in [0.5, 0.6) is 0 Å². The molecule has 1 N–H and O–H groups in total. The summed E-state index contributed by atoms with van der Waals surface area (Å²) in [6.07, 6.45) is 0. The van der Waals surface area contributed by atoms with Crippen molar-refractivity contribution in [2.75, 3.05) is 20.1 Å². The Kier molecular flexibility index (Phi) is 3.31. The Labute approximate surface area is 107 Å². The van der Waals surface area contributed by atoms with Crippen LogP contribution in [0.3, 0.4) is 0 Å². The SMILES string of the molecule is CN1CC(c2ccc(C(=O)C(=O)O)cc2Br)C1. The number of likely N-dealkylation sites (tertiary alicyclic amines) is 1. The van der Waals surface area contributed by atoms with E-state index in [1.165, 1.54) is 0 Å². The van der Waals surface area contributed by atoms with Crippen molar-refractivity contribution < 1.29 is 14.7 Å². The zero-order chi connectivity index (χ0) is 12.6. The van der Waals surface area contributed by atoms with Gasteiger partial charge in [0.15, 0.2) is 0 Å². The Morgan fingerprint density at radius 2 is 2.06 bits per heavy atom. The van der Waals surface area contributed by atoms with Crippen molar-refractivity contribution in [3.63, 3.8) is 0 Å². The summed E-state index contributed by atoms with van der Waals surface area (Å²) in [6, 6.07) is 5.00. The Bertz CT molecular complexity index is 481. The lowest BCUT2D eigenvalue weighted by atomic mass is 9.91. The molecule has 0 amide bonds. The number of aliphatic carboxylic acids is 1. The van der Waals surface area contributed by atoms with Gasteiger partial charge in [-0.25, -0.2) is 4.79 Å². The first-order valence-electron chi connectivity index (χ1n) is 5.24. The van der Waals surface area contributed by atoms with Gasteiger partial charge in [-0.2, -0.15) is 0 Å². The van der Waals surface area contributed by atoms with E-state index in [1.807, 2.05) is 13.1 Å². The zero-order valence-electron chi connectivity index (χ0n) is 9.31. The first-order valence-corrected chi connectivity index (χ1v) is 6.04. The van der Waals surface area contributed by atoms with Crippen LogP contribution in [0.15, 0.2) is 22.7 Å². The monoisotopic (exact) mass is 297 g/mol. The smallest absolute Gasteiger partial charge is 0.377 e. The summed E-state index contributed by atoms with van der Waals surface area (Å²) in [5, 5.41) is 8.63. The van der Waals surface area contributed by atoms with Crippen molar-refractivity contribution in [3.8, 4) is 0 Å². The molecule has 1 aliphatic heterocycles. The van der Waals surface area contributed by atoms with Gasteiger partial charge in [0.2, 0.25) is 0 Å². The Morgan fingerprint density at radius 3 is 2.53 bits per heavy atom. The number of benzene rings is 1. The van der Waals surface area contributed by atoms with Crippen LogP contribution >= 0.6 is 15.9 Å². The molecule has 0 aliphatic carbocycles. The van der Waals surface area contributed by atoms with E-state index < -0.39 is 11.8 Å². The van der Waals surface area contributed by atoms with Crippen LogP contribution in [0, 0.1) is 0 Å². The van der Waals surface area contributed by atoms with E-state index >= 15 is 0 Å². The van der Waals surface area contributed by atoms with Crippen molar-refractivity contribution in [2.45, 2.75) is 5.92 Å². The number of nitrogens with zero attached hydrogens (tertiary/aromatic N) is 1. The number of Topliss-reactive ketones (excluding diaryl/α,β-unsaturated/α-hetero) is 1. The van der Waals surface area contributed by atoms with Gasteiger partial charge in [-0.3, -0.25) is 4.79 Å². The van der Waals surface area contributed by atoms with E-state index in [0.29, 0.717) is 5.92 Å². The maximum atomic E-state index is 11.3. The summed E-state index contributed by atoms with van der Waals surface area (Å²) >= 11 is 3.40. The first kappa shape index (κ1) is 12.3. The third kappa shape index (κ3) is 2.40. The van der Waals surface area contributed by atoms with Crippen molar-refractivity contribution in [1.82, 2.24) is 4.90 Å². The van der Waals surface area contributed by atoms with Gasteiger partial charge >= 0.3 is 5.97 Å². The van der Waals surface area contributed by atoms with Crippen LogP contribution in [-0.4, -0.2) is 41.9 Å². The largest absolute Gasteiger partial charge is 0.475 e. The summed E-state index contributed by atoms with van der Waals surface area (Å²) in [7, 11) is 2.05. The van der Waals surface area contributed by atoms with Gasteiger partial charge in [0.1, 0.15) is 0 Å². The van der Waals surface area contributed by atoms with E-state index in [9.17, 15) is 9.59 Å². The fourth-order valence-corrected chi connectivity index (χ4v) is 2.72. The van der Waals surface area contributed by atoms with Crippen LogP contribution in [0.2, 0.25) is 0 Å². The Hall–Kier alpha value is -1.20. The number of carbonyl (C=O) groups is 2. The summed E-state index contributed by atoms with van der Waals surface area (Å²) < 4.78 is 0.808. The van der Waals surface area contributed by atoms with Crippen LogP contribution in [0.1, 0.15) is 21.8 Å². The van der Waals surface area contributed by atoms with Gasteiger partial charge < -0.3 is 10.0 Å². The van der Waals surface area contributed by atoms with E-state index in [2.05, 4.69) is 20.8 Å². The first-order chi connectivity index (χ1) is 7.99. The van der Waals surface area contributed by atoms with E-state index in [0.717, 1.165) is 23.1 Å². The lowest BCUT2D eigenvalue weighted by Gasteiger charge is -2.37. The molecule has 5 heteroatoms. The van der Waals surface area contributed by atoms with Crippen LogP contribution in [-0.2, 0) is 4.79 Å². The third-order valence-electron chi connectivity index (χ3n) is 2.96. The number of rotatable bonds is 3. The van der Waals surface area contributed by atoms with Crippen LogP contribution < -0.4 is 0 Å². The number of carboxylic acid groups (broad SMARTS) is 1. The highest BCUT2D eigenvalue weighted by molar-refractivity contribution is 9.10. The number of carbonyl (C=O) groups excluding carboxylic acids is 1. The fourth-order valence-electron chi connectivity index (χ4n) is 2.02. The van der Waals surface area contributed by atoms with Gasteiger partial charge in [0.05, 0.1) is 0 Å². The minimum atomic E-state index is -1.42. The number of ketones is 1. The molecule has 1 aromatic rings. The number of carboxylic acids is 1. The standard InChI is InChI=1S/C12H12BrNO3/c1-14-5-8(6-14)9-3-2-7(4-10(9)13)11(15)12(16)17/h2-4,8H,5-6H2,1H3,(H,16,17). The van der Waals surface area contributed by atoms with Crippen LogP contribution in [0.4, 0.5) is 0 Å². The van der Waals surface area contributed by atoms with Gasteiger partial charge in [0, 0.05) is 29.0 Å². The fraction of sp³-hybridized carbons (Fsp3) is 0.333. The molecule has 0 bridgehead atoms. The minimum absolute atomic E-state index is 0.209. The van der Waals surface area contributed by atoms with Crippen LogP contribution in [0.25, 0.3) is 0 Å². The van der Waals surface area contributed by atoms with Gasteiger partial charge in [-0.05, 0) is 18.7 Å². The molecule has 1 aromatic carbocycles. The second-order valence-electron chi connectivity index (χ2n) is 4.29. The predicted octanol–water partition coefficient (Wildman–Crippen LogP) is 1.75. The normalized spacial score (nSPS) is 16.6. The van der Waals surface area contributed by atoms with E-state index in [-0.39, 0.29) is 5.56 Å². The molecule has 4 nitrogen and oxygen atoms in total. The van der Waals surface area contributed by atoms with Gasteiger partial charge in [-0.1, -0.05) is 28.1 Å². The number of halogens is 1. The number of hydrogen-bond donors (Lipinski definition) is 1. The van der Waals surface area contributed by atoms with Crippen molar-refractivity contribution in [3.05, 3.63) is 33.8 Å². The molecule has 1 aliphatic rings. The molecule has 0 saturated carbocycles. The second-order valence-corrected chi connectivity index (χ2v) is 5.14. The molecule has 1 fully saturated rings. The highest BCUT2D eigenvalue weighted by Gasteiger charge is 2.27. The summed E-state index contributed by atoms with van der Waals surface area (Å²) in [5.74, 6) is -1.83.